The second-order valence-electron chi connectivity index (χ2n) is 7.21. The van der Waals surface area contributed by atoms with Crippen molar-refractivity contribution in [3.63, 3.8) is 0 Å². The summed E-state index contributed by atoms with van der Waals surface area (Å²) >= 11 is 3.56. The van der Waals surface area contributed by atoms with E-state index < -0.39 is 0 Å². The lowest BCUT2D eigenvalue weighted by molar-refractivity contribution is 0.394. The molecule has 0 amide bonds. The van der Waals surface area contributed by atoms with Gasteiger partial charge in [0.25, 0.3) is 0 Å². The van der Waals surface area contributed by atoms with Crippen LogP contribution in [0, 0.1) is 5.41 Å². The third-order valence-electron chi connectivity index (χ3n) is 4.62. The van der Waals surface area contributed by atoms with Crippen molar-refractivity contribution in [2.45, 2.75) is 19.3 Å². The Bertz CT molecular complexity index is 1030. The number of nitrogens with one attached hydrogen (secondary N) is 1. The van der Waals surface area contributed by atoms with E-state index in [-0.39, 0.29) is 5.84 Å². The number of nitrogens with two attached hydrogens (primary N) is 1. The van der Waals surface area contributed by atoms with Crippen molar-refractivity contribution < 1.29 is 0 Å². The lowest BCUT2D eigenvalue weighted by Crippen LogP contribution is -2.13. The Labute approximate surface area is 179 Å². The smallest absolute Gasteiger partial charge is 0.122 e. The minimum Gasteiger partial charge on any atom is -0.384 e. The first-order valence-corrected chi connectivity index (χ1v) is 10.3. The molecule has 0 aliphatic heterocycles. The highest BCUT2D eigenvalue weighted by Crippen LogP contribution is 2.33. The van der Waals surface area contributed by atoms with E-state index in [1.165, 1.54) is 0 Å². The van der Waals surface area contributed by atoms with E-state index >= 15 is 0 Å². The number of pyridine rings is 1. The molecule has 0 unspecified atom stereocenters. The number of amidine groups is 1. The van der Waals surface area contributed by atoms with Gasteiger partial charge < -0.3 is 10.6 Å². The summed E-state index contributed by atoms with van der Waals surface area (Å²) in [5.41, 5.74) is 8.66. The number of fused-ring (bicyclic) bond motifs is 1. The number of aromatic nitrogens is 1. The summed E-state index contributed by atoms with van der Waals surface area (Å²) in [5.74, 6) is 0.0385. The molecular weight excluding hydrogens is 428 g/mol. The molecule has 0 aliphatic carbocycles. The van der Waals surface area contributed by atoms with Gasteiger partial charge in [-0.2, -0.15) is 5.11 Å². The first-order valence-electron chi connectivity index (χ1n) is 9.52. The standard InChI is InChI=1S/C22H25BrN6/c1-29(2)12-4-3-5-20-21(19-13-17(23)9-6-16(19)14-26-20)28-27-18-10-7-15(8-11-18)22(24)25/h6-11,13-14H,3-5,12H2,1-2H3,(H3,24,25). The molecule has 2 aromatic carbocycles. The molecule has 0 aliphatic rings. The van der Waals surface area contributed by atoms with Gasteiger partial charge in [-0.15, -0.1) is 5.11 Å². The van der Waals surface area contributed by atoms with Gasteiger partial charge in [0.05, 0.1) is 11.4 Å². The third-order valence-corrected chi connectivity index (χ3v) is 5.11. The molecule has 0 bridgehead atoms. The third kappa shape index (κ3) is 5.68. The van der Waals surface area contributed by atoms with E-state index in [0.717, 1.165) is 52.4 Å². The van der Waals surface area contributed by atoms with Gasteiger partial charge in [-0.3, -0.25) is 10.4 Å². The Balaban J connectivity index is 1.92. The van der Waals surface area contributed by atoms with Crippen molar-refractivity contribution in [2.24, 2.45) is 16.0 Å². The first kappa shape index (κ1) is 21.1. The summed E-state index contributed by atoms with van der Waals surface area (Å²) in [4.78, 5) is 6.87. The highest BCUT2D eigenvalue weighted by atomic mass is 79.9. The molecule has 0 saturated carbocycles. The van der Waals surface area contributed by atoms with Gasteiger partial charge in [-0.05, 0) is 76.3 Å². The van der Waals surface area contributed by atoms with Crippen LogP contribution in [0.5, 0.6) is 0 Å². The van der Waals surface area contributed by atoms with E-state index in [1.807, 2.05) is 30.5 Å². The lowest BCUT2D eigenvalue weighted by atomic mass is 10.1. The number of benzene rings is 2. The maximum absolute atomic E-state index is 7.50. The highest BCUT2D eigenvalue weighted by Gasteiger charge is 2.10. The molecule has 0 spiro atoms. The Morgan fingerprint density at radius 2 is 1.86 bits per heavy atom. The fraction of sp³-hybridized carbons (Fsp3) is 0.273. The number of unbranched alkanes of at least 4 members (excludes halogenated alkanes) is 1. The van der Waals surface area contributed by atoms with Crippen molar-refractivity contribution in [2.75, 3.05) is 20.6 Å². The number of nitrogens with zero attached hydrogens (tertiary/aromatic N) is 4. The molecule has 3 N–H and O–H groups in total. The minimum atomic E-state index is 0.0385. The maximum Gasteiger partial charge on any atom is 0.122 e. The predicted octanol–water partition coefficient (Wildman–Crippen LogP) is 5.58. The van der Waals surface area contributed by atoms with Gasteiger partial charge in [-0.1, -0.05) is 22.0 Å². The van der Waals surface area contributed by atoms with Crippen LogP contribution in [0.15, 0.2) is 63.4 Å². The van der Waals surface area contributed by atoms with E-state index in [1.54, 1.807) is 12.1 Å². The molecule has 1 aromatic heterocycles. The van der Waals surface area contributed by atoms with E-state index in [4.69, 9.17) is 11.1 Å². The van der Waals surface area contributed by atoms with Gasteiger partial charge in [-0.25, -0.2) is 0 Å². The summed E-state index contributed by atoms with van der Waals surface area (Å²) in [6.07, 6.45) is 4.91. The zero-order valence-corrected chi connectivity index (χ0v) is 18.3. The van der Waals surface area contributed by atoms with Crippen molar-refractivity contribution in [1.82, 2.24) is 9.88 Å². The normalized spacial score (nSPS) is 11.6. The van der Waals surface area contributed by atoms with Crippen molar-refractivity contribution in [1.29, 1.82) is 5.41 Å². The van der Waals surface area contributed by atoms with Gasteiger partial charge in [0.1, 0.15) is 11.5 Å². The minimum absolute atomic E-state index is 0.0385. The summed E-state index contributed by atoms with van der Waals surface area (Å²) in [6, 6.07) is 13.3. The molecule has 29 heavy (non-hydrogen) atoms. The zero-order valence-electron chi connectivity index (χ0n) is 16.7. The van der Waals surface area contributed by atoms with Crippen LogP contribution in [-0.4, -0.2) is 36.4 Å². The molecule has 0 radical (unpaired) electrons. The largest absolute Gasteiger partial charge is 0.384 e. The van der Waals surface area contributed by atoms with Crippen LogP contribution in [0.4, 0.5) is 11.4 Å². The SMILES string of the molecule is CN(C)CCCCc1ncc2ccc(Br)cc2c1N=Nc1ccc(C(=N)N)cc1. The van der Waals surface area contributed by atoms with E-state index in [9.17, 15) is 0 Å². The Kier molecular flexibility index (Phi) is 7.06. The summed E-state index contributed by atoms with van der Waals surface area (Å²) in [6.45, 7) is 1.05. The number of rotatable bonds is 8. The number of hydrogen-bond acceptors (Lipinski definition) is 5. The highest BCUT2D eigenvalue weighted by molar-refractivity contribution is 9.10. The van der Waals surface area contributed by atoms with Crippen LogP contribution in [-0.2, 0) is 6.42 Å². The van der Waals surface area contributed by atoms with E-state index in [2.05, 4.69) is 56.2 Å². The van der Waals surface area contributed by atoms with Gasteiger partial charge in [0.15, 0.2) is 0 Å². The zero-order chi connectivity index (χ0) is 20.8. The second-order valence-corrected chi connectivity index (χ2v) is 8.12. The maximum atomic E-state index is 7.50. The quantitative estimate of drug-likeness (QED) is 0.202. The van der Waals surface area contributed by atoms with Crippen molar-refractivity contribution in [3.8, 4) is 0 Å². The average molecular weight is 453 g/mol. The van der Waals surface area contributed by atoms with Crippen molar-refractivity contribution >= 4 is 43.9 Å². The number of aryl methyl sites for hydroxylation is 1. The molecular formula is C22H25BrN6. The Morgan fingerprint density at radius 3 is 2.55 bits per heavy atom. The van der Waals surface area contributed by atoms with Crippen LogP contribution in [0.3, 0.4) is 0 Å². The summed E-state index contributed by atoms with van der Waals surface area (Å²) in [7, 11) is 4.17. The van der Waals surface area contributed by atoms with Gasteiger partial charge in [0.2, 0.25) is 0 Å². The van der Waals surface area contributed by atoms with Crippen LogP contribution < -0.4 is 5.73 Å². The van der Waals surface area contributed by atoms with Crippen LogP contribution in [0.1, 0.15) is 24.1 Å². The Hall–Kier alpha value is -2.64. The molecule has 150 valence electrons. The van der Waals surface area contributed by atoms with E-state index in [0.29, 0.717) is 11.3 Å². The molecule has 0 fully saturated rings. The fourth-order valence-corrected chi connectivity index (χ4v) is 3.40. The van der Waals surface area contributed by atoms with Crippen LogP contribution in [0.2, 0.25) is 0 Å². The molecule has 6 nitrogen and oxygen atoms in total. The number of azo groups is 1. The molecule has 3 rings (SSSR count). The average Bonchev–Trinajstić information content (AvgIpc) is 2.70. The summed E-state index contributed by atoms with van der Waals surface area (Å²) < 4.78 is 0.997. The topological polar surface area (TPSA) is 90.7 Å². The van der Waals surface area contributed by atoms with Gasteiger partial charge >= 0.3 is 0 Å². The second kappa shape index (κ2) is 9.71. The van der Waals surface area contributed by atoms with Crippen LogP contribution in [0.25, 0.3) is 10.8 Å². The summed E-state index contributed by atoms with van der Waals surface area (Å²) in [5, 5.41) is 18.6. The number of nitrogen functional groups attached to an aromatic ring is 1. The molecule has 7 heteroatoms. The lowest BCUT2D eigenvalue weighted by Gasteiger charge is -2.11. The molecule has 0 saturated heterocycles. The number of halogens is 1. The molecule has 3 aromatic rings. The van der Waals surface area contributed by atoms with Gasteiger partial charge in [0, 0.05) is 27.0 Å². The first-order chi connectivity index (χ1) is 13.9. The molecule has 0 atom stereocenters. The fourth-order valence-electron chi connectivity index (χ4n) is 3.04. The monoisotopic (exact) mass is 452 g/mol. The Morgan fingerprint density at radius 1 is 1.10 bits per heavy atom. The predicted molar refractivity (Wildman–Crippen MR) is 123 cm³/mol. The van der Waals surface area contributed by atoms with Crippen molar-refractivity contribution in [3.05, 3.63) is 64.4 Å². The van der Waals surface area contributed by atoms with Crippen LogP contribution >= 0.6 is 15.9 Å². The molecule has 1 heterocycles. The number of hydrogen-bond donors (Lipinski definition) is 2.